The van der Waals surface area contributed by atoms with Gasteiger partial charge in [0.2, 0.25) is 5.79 Å². The first-order valence-corrected chi connectivity index (χ1v) is 10.8. The van der Waals surface area contributed by atoms with Gasteiger partial charge in [-0.1, -0.05) is 0 Å². The van der Waals surface area contributed by atoms with Crippen LogP contribution in [0.2, 0.25) is 0 Å². The topological polar surface area (TPSA) is 136 Å². The van der Waals surface area contributed by atoms with E-state index < -0.39 is 66.0 Å². The number of aliphatic hydroxyl groups is 4. The van der Waals surface area contributed by atoms with E-state index in [2.05, 4.69) is 0 Å². The van der Waals surface area contributed by atoms with Gasteiger partial charge in [0.05, 0.1) is 19.0 Å². The molecule has 4 aliphatic rings. The van der Waals surface area contributed by atoms with Crippen LogP contribution in [0.3, 0.4) is 0 Å². The van der Waals surface area contributed by atoms with Gasteiger partial charge in [0.15, 0.2) is 11.6 Å². The van der Waals surface area contributed by atoms with E-state index in [1.54, 1.807) is 13.8 Å². The minimum Gasteiger partial charge on any atom is -0.394 e. The monoisotopic (exact) mass is 438 g/mol. The molecule has 0 aromatic heterocycles. The summed E-state index contributed by atoms with van der Waals surface area (Å²) in [4.78, 5) is 0. The van der Waals surface area contributed by atoms with Crippen molar-refractivity contribution in [3.63, 3.8) is 0 Å². The molecule has 4 saturated heterocycles. The largest absolute Gasteiger partial charge is 0.394 e. The molecule has 4 N–H and O–H groups in total. The van der Waals surface area contributed by atoms with Crippen LogP contribution in [0.1, 0.15) is 27.7 Å². The molecule has 11 heteroatoms. The van der Waals surface area contributed by atoms with Crippen LogP contribution < -0.4 is 0 Å². The van der Waals surface area contributed by atoms with Crippen LogP contribution in [-0.2, 0) is 28.4 Å². The van der Waals surface area contributed by atoms with Gasteiger partial charge in [-0.05, 0) is 27.7 Å². The molecule has 9 atom stereocenters. The van der Waals surface area contributed by atoms with E-state index in [4.69, 9.17) is 28.4 Å². The number of thioether (sulfide) groups is 1. The Morgan fingerprint density at radius 1 is 0.931 bits per heavy atom. The van der Waals surface area contributed by atoms with Crippen molar-refractivity contribution in [3.05, 3.63) is 0 Å². The minimum atomic E-state index is -1.44. The third kappa shape index (κ3) is 3.96. The maximum absolute atomic E-state index is 10.3. The molecule has 0 bridgehead atoms. The number of aliphatic hydroxyl groups excluding tert-OH is 4. The zero-order chi connectivity index (χ0) is 21.2. The molecule has 0 aromatic carbocycles. The third-order valence-electron chi connectivity index (χ3n) is 5.57. The lowest BCUT2D eigenvalue weighted by Gasteiger charge is -2.43. The van der Waals surface area contributed by atoms with Crippen molar-refractivity contribution in [2.45, 2.75) is 93.2 Å². The Bertz CT molecular complexity index is 615. The Kier molecular flexibility index (Phi) is 5.75. The maximum Gasteiger partial charge on any atom is 0.209 e. The zero-order valence-electron chi connectivity index (χ0n) is 16.9. The molecular formula is C18H30O10S. The highest BCUT2D eigenvalue weighted by atomic mass is 32.2. The highest BCUT2D eigenvalue weighted by Gasteiger charge is 2.65. The van der Waals surface area contributed by atoms with Gasteiger partial charge in [0.25, 0.3) is 0 Å². The van der Waals surface area contributed by atoms with Gasteiger partial charge >= 0.3 is 0 Å². The summed E-state index contributed by atoms with van der Waals surface area (Å²) in [5, 5.41) is 39.7. The molecule has 0 radical (unpaired) electrons. The molecule has 0 aromatic rings. The van der Waals surface area contributed by atoms with E-state index in [1.165, 1.54) is 0 Å². The normalized spacial score (nSPS) is 50.9. The summed E-state index contributed by atoms with van der Waals surface area (Å²) >= 11 is 1.16. The predicted molar refractivity (Wildman–Crippen MR) is 98.8 cm³/mol. The van der Waals surface area contributed by atoms with E-state index >= 15 is 0 Å². The first-order valence-electron chi connectivity index (χ1n) is 9.77. The van der Waals surface area contributed by atoms with Crippen LogP contribution in [0.15, 0.2) is 0 Å². The van der Waals surface area contributed by atoms with Crippen molar-refractivity contribution in [2.75, 3.05) is 19.0 Å². The highest BCUT2D eigenvalue weighted by Crippen LogP contribution is 2.49. The summed E-state index contributed by atoms with van der Waals surface area (Å²) in [5.41, 5.74) is -0.897. The number of ether oxygens (including phenoxy) is 6. The SMILES string of the molecule is CC1(C)O[C@@H]2[C@@H](CO[C@@]3(CS[C@@H]4O[C@H](CO)[C@@H](O)[C@H](O)[C@H]4O)OC(C)(C)O[C@@H]23)O1. The number of hydrogen-bond donors (Lipinski definition) is 4. The Hall–Kier alpha value is -0.0500. The van der Waals surface area contributed by atoms with Gasteiger partial charge in [0.1, 0.15) is 48.2 Å². The van der Waals surface area contributed by atoms with Gasteiger partial charge in [-0.2, -0.15) is 0 Å². The lowest BCUT2D eigenvalue weighted by atomic mass is 9.98. The van der Waals surface area contributed by atoms with Crippen molar-refractivity contribution in [1.82, 2.24) is 0 Å². The number of hydrogen-bond acceptors (Lipinski definition) is 11. The first-order chi connectivity index (χ1) is 13.5. The van der Waals surface area contributed by atoms with Crippen molar-refractivity contribution in [1.29, 1.82) is 0 Å². The molecule has 4 aliphatic heterocycles. The smallest absolute Gasteiger partial charge is 0.209 e. The second kappa shape index (κ2) is 7.52. The van der Waals surface area contributed by atoms with Crippen LogP contribution >= 0.6 is 11.8 Å². The summed E-state index contributed by atoms with van der Waals surface area (Å²) in [5.74, 6) is -2.66. The van der Waals surface area contributed by atoms with Crippen LogP contribution in [0.25, 0.3) is 0 Å². The average Bonchev–Trinajstić information content (AvgIpc) is 3.10. The Balaban J connectivity index is 1.51. The second-order valence-corrected chi connectivity index (χ2v) is 9.90. The summed E-state index contributed by atoms with van der Waals surface area (Å²) < 4.78 is 35.9. The van der Waals surface area contributed by atoms with E-state index in [0.29, 0.717) is 0 Å². The van der Waals surface area contributed by atoms with Crippen molar-refractivity contribution >= 4 is 11.8 Å². The molecule has 0 saturated carbocycles. The molecule has 10 nitrogen and oxygen atoms in total. The van der Waals surface area contributed by atoms with Crippen LogP contribution in [0.5, 0.6) is 0 Å². The van der Waals surface area contributed by atoms with Crippen LogP contribution in [-0.4, -0.2) is 105 Å². The molecule has 4 heterocycles. The Labute approximate surface area is 173 Å². The van der Waals surface area contributed by atoms with Gasteiger partial charge in [0, 0.05) is 0 Å². The standard InChI is InChI=1S/C18H30O10S/c1-16(2)25-9-6-23-18(14(13(9)26-16)27-17(3,4)28-18)7-29-15-12(22)11(21)10(20)8(5-19)24-15/h8-15,19-22H,5-7H2,1-4H3/t8-,9-,10-,11+,12-,13-,14+,15+,18+/m1/s1. The molecule has 0 amide bonds. The Morgan fingerprint density at radius 2 is 1.66 bits per heavy atom. The fourth-order valence-electron chi connectivity index (χ4n) is 4.35. The Morgan fingerprint density at radius 3 is 2.34 bits per heavy atom. The number of fused-ring (bicyclic) bond motifs is 3. The van der Waals surface area contributed by atoms with Gasteiger partial charge in [-0.3, -0.25) is 0 Å². The molecule has 0 spiro atoms. The van der Waals surface area contributed by atoms with Crippen LogP contribution in [0.4, 0.5) is 0 Å². The first kappa shape index (κ1) is 22.2. The summed E-state index contributed by atoms with van der Waals surface area (Å²) in [6, 6.07) is 0. The lowest BCUT2D eigenvalue weighted by molar-refractivity contribution is -0.268. The quantitative estimate of drug-likeness (QED) is 0.426. The minimum absolute atomic E-state index is 0.205. The molecular weight excluding hydrogens is 408 g/mol. The summed E-state index contributed by atoms with van der Waals surface area (Å²) in [7, 11) is 0. The van der Waals surface area contributed by atoms with Gasteiger partial charge < -0.3 is 48.8 Å². The van der Waals surface area contributed by atoms with Gasteiger partial charge in [-0.15, -0.1) is 11.8 Å². The second-order valence-electron chi connectivity index (χ2n) is 8.81. The van der Waals surface area contributed by atoms with E-state index in [-0.39, 0.29) is 18.5 Å². The summed E-state index contributed by atoms with van der Waals surface area (Å²) in [6.07, 6.45) is -6.41. The maximum atomic E-state index is 10.3. The van der Waals surface area contributed by atoms with E-state index in [9.17, 15) is 20.4 Å². The number of rotatable bonds is 4. The van der Waals surface area contributed by atoms with E-state index in [0.717, 1.165) is 11.8 Å². The zero-order valence-corrected chi connectivity index (χ0v) is 17.7. The molecule has 168 valence electrons. The van der Waals surface area contributed by atoms with Crippen molar-refractivity contribution in [2.24, 2.45) is 0 Å². The molecule has 0 unspecified atom stereocenters. The van der Waals surface area contributed by atoms with Crippen LogP contribution in [0, 0.1) is 0 Å². The van der Waals surface area contributed by atoms with E-state index in [1.807, 2.05) is 13.8 Å². The molecule has 29 heavy (non-hydrogen) atoms. The van der Waals surface area contributed by atoms with Crippen molar-refractivity contribution < 1.29 is 48.8 Å². The fraction of sp³-hybridized carbons (Fsp3) is 1.00. The molecule has 4 fully saturated rings. The molecule has 4 rings (SSSR count). The molecule has 0 aliphatic carbocycles. The third-order valence-corrected chi connectivity index (χ3v) is 6.86. The predicted octanol–water partition coefficient (Wildman–Crippen LogP) is -1.08. The van der Waals surface area contributed by atoms with Crippen molar-refractivity contribution in [3.8, 4) is 0 Å². The highest BCUT2D eigenvalue weighted by molar-refractivity contribution is 7.99. The lowest BCUT2D eigenvalue weighted by Crippen LogP contribution is -2.61. The fourth-order valence-corrected chi connectivity index (χ4v) is 5.63. The van der Waals surface area contributed by atoms with Gasteiger partial charge in [-0.25, -0.2) is 0 Å². The summed E-state index contributed by atoms with van der Waals surface area (Å²) in [6.45, 7) is 6.99. The average molecular weight is 438 g/mol.